The normalized spacial score (nSPS) is 11.6. The van der Waals surface area contributed by atoms with Crippen LogP contribution < -0.4 is 15.9 Å². The largest absolute Gasteiger partial charge is 0.354 e. The van der Waals surface area contributed by atoms with Crippen LogP contribution in [0.2, 0.25) is 0 Å². The van der Waals surface area contributed by atoms with E-state index >= 15 is 0 Å². The van der Waals surface area contributed by atoms with Crippen molar-refractivity contribution < 1.29 is 4.92 Å². The Bertz CT molecular complexity index is 6770. The number of aromatic nitrogens is 3. The molecule has 0 fully saturated rings. The number of H-pyrrole nitrogens is 1. The van der Waals surface area contributed by atoms with Gasteiger partial charge >= 0.3 is 0 Å². The van der Waals surface area contributed by atoms with E-state index in [1.165, 1.54) is 123 Å². The Morgan fingerprint density at radius 3 is 1.22 bits per heavy atom. The van der Waals surface area contributed by atoms with Gasteiger partial charge in [0.05, 0.1) is 43.9 Å². The number of hydrogen-bond acceptors (Lipinski definition) is 4. The summed E-state index contributed by atoms with van der Waals surface area (Å²) in [5, 5.41) is 28.8. The van der Waals surface area contributed by atoms with E-state index in [2.05, 4.69) is 342 Å². The molecule has 16 aromatic carbocycles. The zero-order valence-corrected chi connectivity index (χ0v) is 59.2. The van der Waals surface area contributed by atoms with Crippen molar-refractivity contribution in [1.82, 2.24) is 14.1 Å². The predicted molar refractivity (Wildman–Crippen MR) is 450 cm³/mol. The second kappa shape index (κ2) is 26.9. The van der Waals surface area contributed by atoms with E-state index in [9.17, 15) is 10.1 Å². The molecule has 0 bridgehead atoms. The highest BCUT2D eigenvalue weighted by Gasteiger charge is 2.25. The van der Waals surface area contributed by atoms with Gasteiger partial charge in [-0.15, -0.1) is 22.7 Å². The summed E-state index contributed by atoms with van der Waals surface area (Å²) in [6, 6.07) is 133. The lowest BCUT2D eigenvalue weighted by molar-refractivity contribution is -0.384. The number of hydrogen-bond donors (Lipinski definition) is 1. The van der Waals surface area contributed by atoms with E-state index in [1.807, 2.05) is 47.7 Å². The van der Waals surface area contributed by atoms with E-state index in [0.29, 0.717) is 5.56 Å². The van der Waals surface area contributed by atoms with Crippen LogP contribution in [0.15, 0.2) is 376 Å². The molecule has 9 heteroatoms. The second-order valence-corrected chi connectivity index (χ2v) is 30.7. The van der Waals surface area contributed by atoms with Crippen LogP contribution in [0.4, 0.5) is 5.69 Å². The maximum absolute atomic E-state index is 12.2. The third-order valence-corrected chi connectivity index (χ3v) is 25.0. The number of para-hydroxylation sites is 6. The minimum atomic E-state index is -0.446. The predicted octanol–water partition coefficient (Wildman–Crippen LogP) is 26.0. The fraction of sp³-hybridized carbons (Fsp3) is 0. The van der Waals surface area contributed by atoms with Crippen LogP contribution in [-0.2, 0) is 0 Å². The number of nitrogens with one attached hydrogen (secondary N) is 1. The number of nitrogens with zero attached hydrogens (tertiary/aromatic N) is 3. The van der Waals surface area contributed by atoms with Crippen molar-refractivity contribution in [1.29, 1.82) is 0 Å². The molecule has 6 nitrogen and oxygen atoms in total. The van der Waals surface area contributed by atoms with Crippen LogP contribution >= 0.6 is 30.6 Å². The van der Waals surface area contributed by atoms with Gasteiger partial charge in [-0.2, -0.15) is 0 Å². The zero-order valence-electron chi connectivity index (χ0n) is 56.7. The lowest BCUT2D eigenvalue weighted by Crippen LogP contribution is -2.20. The Morgan fingerprint density at radius 1 is 0.286 bits per heavy atom. The van der Waals surface area contributed by atoms with Gasteiger partial charge in [-0.1, -0.05) is 291 Å². The van der Waals surface area contributed by atoms with Gasteiger partial charge in [0.2, 0.25) is 0 Å². The summed E-state index contributed by atoms with van der Waals surface area (Å²) in [5.74, 6) is 0. The standard InChI is InChI=1S/C42H26N2O2S.C36H22N2S.C18H15P/c45-44(46)37-22-12-9-18-30(37)32-23-24-39-42(41(32)28-15-5-2-6-16-28)34-25-33-31-19-8-11-21-36(31)43(38(33)26-40(34)47-39)35-20-10-7-17-29(35)27-13-3-1-4-14-27;1-2-10-22(11-3-1)23-12-5-8-16-32(23)38-33-17-9-6-14-25(33)27-19-29-28-18-26-24-13-4-7-15-30(24)37-31(26)20-35(28)39-36(29)21-34(27)38;1-4-10-16(11-5-1)19(17-12-6-2-7-13-17)18-14-8-3-9-15-18/h1-26H;1-21,37H;1-15H. The van der Waals surface area contributed by atoms with E-state index in [0.717, 1.165) is 48.9 Å². The summed E-state index contributed by atoms with van der Waals surface area (Å²) in [6.07, 6.45) is 0. The third-order valence-electron chi connectivity index (χ3n) is 20.3. The first-order valence-corrected chi connectivity index (χ1v) is 38.2. The van der Waals surface area contributed by atoms with E-state index < -0.39 is 7.92 Å². The molecule has 21 aromatic rings. The smallest absolute Gasteiger partial charge is 0.277 e. The van der Waals surface area contributed by atoms with Gasteiger partial charge in [-0.05, 0) is 131 Å². The maximum Gasteiger partial charge on any atom is 0.277 e. The van der Waals surface area contributed by atoms with Crippen molar-refractivity contribution in [3.05, 3.63) is 386 Å². The summed E-state index contributed by atoms with van der Waals surface area (Å²) in [5.41, 5.74) is 17.9. The molecule has 0 unspecified atom stereocenters. The first kappa shape index (κ1) is 63.1. The molecule has 5 aromatic heterocycles. The second-order valence-electron chi connectivity index (χ2n) is 26.3. The Balaban J connectivity index is 0.000000117. The Kier molecular flexibility index (Phi) is 16.1. The highest BCUT2D eigenvalue weighted by atomic mass is 32.1. The highest BCUT2D eigenvalue weighted by Crippen LogP contribution is 2.50. The topological polar surface area (TPSA) is 68.8 Å². The summed E-state index contributed by atoms with van der Waals surface area (Å²) in [4.78, 5) is 15.5. The van der Waals surface area contributed by atoms with Crippen molar-refractivity contribution in [2.75, 3.05) is 0 Å². The van der Waals surface area contributed by atoms with Crippen LogP contribution in [0.5, 0.6) is 0 Å². The van der Waals surface area contributed by atoms with Gasteiger partial charge in [0.15, 0.2) is 0 Å². The number of aromatic amines is 1. The third kappa shape index (κ3) is 11.2. The highest BCUT2D eigenvalue weighted by molar-refractivity contribution is 7.79. The van der Waals surface area contributed by atoms with E-state index in [4.69, 9.17) is 0 Å². The molecule has 0 saturated heterocycles. The molecule has 0 aliphatic heterocycles. The van der Waals surface area contributed by atoms with Crippen LogP contribution in [0.25, 0.3) is 162 Å². The van der Waals surface area contributed by atoms with Crippen molar-refractivity contribution in [3.8, 4) is 55.9 Å². The molecule has 0 aliphatic carbocycles. The molecule has 21 rings (SSSR count). The van der Waals surface area contributed by atoms with Crippen molar-refractivity contribution in [2.45, 2.75) is 0 Å². The molecular weight excluding hydrogens is 1340 g/mol. The van der Waals surface area contributed by atoms with Crippen molar-refractivity contribution in [3.63, 3.8) is 0 Å². The van der Waals surface area contributed by atoms with Crippen LogP contribution in [0, 0.1) is 10.1 Å². The van der Waals surface area contributed by atoms with Crippen molar-refractivity contribution in [2.24, 2.45) is 0 Å². The molecule has 0 amide bonds. The molecular formula is C96H63N4O2PS2. The average Bonchev–Trinajstić information content (AvgIpc) is 1.57. The summed E-state index contributed by atoms with van der Waals surface area (Å²) >= 11 is 3.65. The lowest BCUT2D eigenvalue weighted by atomic mass is 9.90. The Morgan fingerprint density at radius 2 is 0.686 bits per heavy atom. The fourth-order valence-corrected chi connectivity index (χ4v) is 20.2. The summed E-state index contributed by atoms with van der Waals surface area (Å²) in [6.45, 7) is 0. The first-order chi connectivity index (χ1) is 52.0. The molecule has 0 aliphatic rings. The molecule has 105 heavy (non-hydrogen) atoms. The minimum Gasteiger partial charge on any atom is -0.354 e. The number of rotatable bonds is 10. The number of thiophene rings is 2. The summed E-state index contributed by atoms with van der Waals surface area (Å²) in [7, 11) is -0.446. The number of nitro benzene ring substituents is 1. The SMILES string of the molecule is O=[N+]([O-])c1ccccc1-c1ccc2sc3cc4c(cc3c2c1-c1ccccc1)c1ccccc1n4-c1ccccc1-c1ccccc1.c1ccc(-c2ccccc2-n2c3ccccc3c3cc4c(cc32)sc2cc3[nH]c5ccccc5c3cc24)cc1.c1ccc(P(c2ccccc2)c2ccccc2)cc1. The molecule has 496 valence electrons. The summed E-state index contributed by atoms with van der Waals surface area (Å²) < 4.78 is 9.80. The molecule has 0 radical (unpaired) electrons. The van der Waals surface area contributed by atoms with Gasteiger partial charge in [0.25, 0.3) is 5.69 Å². The van der Waals surface area contributed by atoms with Gasteiger partial charge in [0, 0.05) is 101 Å². The van der Waals surface area contributed by atoms with Gasteiger partial charge < -0.3 is 14.1 Å². The number of nitro groups is 1. The number of fused-ring (bicyclic) bond motifs is 15. The van der Waals surface area contributed by atoms with E-state index in [-0.39, 0.29) is 10.6 Å². The van der Waals surface area contributed by atoms with Gasteiger partial charge in [-0.3, -0.25) is 10.1 Å². The van der Waals surface area contributed by atoms with Crippen LogP contribution in [0.3, 0.4) is 0 Å². The maximum atomic E-state index is 12.2. The molecule has 5 heterocycles. The van der Waals surface area contributed by atoms with Crippen LogP contribution in [0.1, 0.15) is 0 Å². The Hall–Kier alpha value is -12.8. The average molecular weight is 1400 g/mol. The monoisotopic (exact) mass is 1400 g/mol. The van der Waals surface area contributed by atoms with E-state index in [1.54, 1.807) is 23.5 Å². The molecule has 0 atom stereocenters. The fourth-order valence-electron chi connectivity index (χ4n) is 15.7. The first-order valence-electron chi connectivity index (χ1n) is 35.2. The Labute approximate surface area is 614 Å². The molecule has 0 saturated carbocycles. The van der Waals surface area contributed by atoms with Crippen LogP contribution in [-0.4, -0.2) is 19.0 Å². The quantitative estimate of drug-likeness (QED) is 0.0842. The minimum absolute atomic E-state index is 0.103. The lowest BCUT2D eigenvalue weighted by Gasteiger charge is -2.18. The van der Waals surface area contributed by atoms with Crippen molar-refractivity contribution >= 4 is 158 Å². The zero-order chi connectivity index (χ0) is 69.9. The van der Waals surface area contributed by atoms with Gasteiger partial charge in [-0.25, -0.2) is 0 Å². The van der Waals surface area contributed by atoms with Gasteiger partial charge in [0.1, 0.15) is 0 Å². The number of benzene rings is 16. The molecule has 0 spiro atoms. The molecule has 1 N–H and O–H groups in total.